The number of hydrogen-bond acceptors (Lipinski definition) is 7. The molecule has 13 heteroatoms. The fourth-order valence-corrected chi connectivity index (χ4v) is 5.66. The maximum Gasteiger partial charge on any atom is 0.521 e. The summed E-state index contributed by atoms with van der Waals surface area (Å²) in [6.07, 6.45) is -0.120. The minimum atomic E-state index is -5.15. The smallest absolute Gasteiger partial charge is 0.379 e. The Kier molecular flexibility index (Phi) is 7.09. The van der Waals surface area contributed by atoms with Crippen LogP contribution in [0.3, 0.4) is 0 Å². The van der Waals surface area contributed by atoms with Crippen LogP contribution in [0.15, 0.2) is 0 Å². The summed E-state index contributed by atoms with van der Waals surface area (Å²) in [5.41, 5.74) is 0. The summed E-state index contributed by atoms with van der Waals surface area (Å²) in [5.74, 6) is -1.02. The first kappa shape index (κ1) is 19.3. The molecule has 2 unspecified atom stereocenters. The van der Waals surface area contributed by atoms with Crippen molar-refractivity contribution >= 4 is 23.4 Å². The highest BCUT2D eigenvalue weighted by atomic mass is 31.3. The lowest BCUT2D eigenvalue weighted by Crippen LogP contribution is -2.27. The van der Waals surface area contributed by atoms with Gasteiger partial charge < -0.3 is 24.2 Å². The van der Waals surface area contributed by atoms with Gasteiger partial charge in [-0.1, -0.05) is 0 Å². The molecule has 21 heavy (non-hydrogen) atoms. The number of rotatable bonds is 8. The van der Waals surface area contributed by atoms with E-state index in [1.165, 1.54) is 7.11 Å². The third kappa shape index (κ3) is 7.39. The molecule has 1 saturated heterocycles. The lowest BCUT2D eigenvalue weighted by Gasteiger charge is -2.14. The van der Waals surface area contributed by atoms with Crippen LogP contribution in [0, 0.1) is 0 Å². The first-order valence-corrected chi connectivity index (χ1v) is 10.5. The molecular formula is C8H18O10P3+. The highest BCUT2D eigenvalue weighted by Gasteiger charge is 2.42. The average molecular weight is 367 g/mol. The van der Waals surface area contributed by atoms with E-state index in [1.807, 2.05) is 6.92 Å². The third-order valence-corrected chi connectivity index (χ3v) is 7.26. The van der Waals surface area contributed by atoms with Gasteiger partial charge in [-0.15, -0.1) is 4.52 Å². The number of methoxy groups -OCH3 is 1. The molecule has 1 heterocycles. The molecule has 124 valence electrons. The summed E-state index contributed by atoms with van der Waals surface area (Å²) in [6.45, 7) is 1.70. The van der Waals surface area contributed by atoms with Crippen molar-refractivity contribution in [3.8, 4) is 0 Å². The summed E-state index contributed by atoms with van der Waals surface area (Å²) in [5, 5.41) is 0. The van der Waals surface area contributed by atoms with E-state index in [2.05, 4.69) is 4.31 Å². The molecule has 0 spiro atoms. The quantitative estimate of drug-likeness (QED) is 0.534. The van der Waals surface area contributed by atoms with E-state index in [1.54, 1.807) is 0 Å². The van der Waals surface area contributed by atoms with Crippen LogP contribution in [-0.2, 0) is 32.0 Å². The van der Waals surface area contributed by atoms with Gasteiger partial charge in [-0.25, -0.2) is 8.88 Å². The van der Waals surface area contributed by atoms with Gasteiger partial charge in [0.05, 0.1) is 12.2 Å². The second-order valence-corrected chi connectivity index (χ2v) is 9.44. The Morgan fingerprint density at radius 1 is 1.33 bits per heavy atom. The molecule has 10 nitrogen and oxygen atoms in total. The third-order valence-electron chi connectivity index (χ3n) is 2.60. The molecule has 0 aromatic rings. The Balaban J connectivity index is 2.44. The van der Waals surface area contributed by atoms with Crippen LogP contribution in [0.25, 0.3) is 0 Å². The van der Waals surface area contributed by atoms with E-state index in [4.69, 9.17) is 23.8 Å². The number of phosphoric acid groups is 1. The molecule has 0 amide bonds. The lowest BCUT2D eigenvalue weighted by atomic mass is 10.1. The number of hydrogen-bond donors (Lipinski definition) is 3. The molecule has 0 saturated carbocycles. The summed E-state index contributed by atoms with van der Waals surface area (Å²) in [4.78, 5) is 26.1. The van der Waals surface area contributed by atoms with Crippen molar-refractivity contribution in [3.05, 3.63) is 0 Å². The molecule has 0 radical (unpaired) electrons. The predicted molar refractivity (Wildman–Crippen MR) is 71.1 cm³/mol. The van der Waals surface area contributed by atoms with Gasteiger partial charge in [0.1, 0.15) is 12.7 Å². The van der Waals surface area contributed by atoms with Crippen molar-refractivity contribution in [2.75, 3.05) is 19.6 Å². The van der Waals surface area contributed by atoms with E-state index < -0.39 is 35.5 Å². The van der Waals surface area contributed by atoms with Crippen molar-refractivity contribution in [2.24, 2.45) is 0 Å². The first-order chi connectivity index (χ1) is 9.52. The maximum absolute atomic E-state index is 11.5. The van der Waals surface area contributed by atoms with Crippen molar-refractivity contribution in [1.29, 1.82) is 0 Å². The van der Waals surface area contributed by atoms with Gasteiger partial charge in [0.2, 0.25) is 0 Å². The van der Waals surface area contributed by atoms with Crippen LogP contribution < -0.4 is 0 Å². The normalized spacial score (nSPS) is 30.1. The second-order valence-electron chi connectivity index (χ2n) is 4.47. The Labute approximate surface area is 122 Å². The van der Waals surface area contributed by atoms with Gasteiger partial charge in [0.25, 0.3) is 5.90 Å². The van der Waals surface area contributed by atoms with E-state index in [0.717, 1.165) is 0 Å². The second kappa shape index (κ2) is 7.70. The molecule has 1 aliphatic heterocycles. The molecule has 0 bridgehead atoms. The van der Waals surface area contributed by atoms with Crippen LogP contribution in [0.1, 0.15) is 13.3 Å². The highest BCUT2D eigenvalue weighted by Crippen LogP contribution is 2.60. The van der Waals surface area contributed by atoms with Gasteiger partial charge in [0.15, 0.2) is 0 Å². The SMILES string of the molecule is CO[C@@H]1C[C@H](C)O[C@@H]1CO[P+](=O)CP(=O)(O)OP(=O)(O)O. The molecular weight excluding hydrogens is 349 g/mol. The Morgan fingerprint density at radius 2 is 1.95 bits per heavy atom. The summed E-state index contributed by atoms with van der Waals surface area (Å²) >= 11 is 0. The topological polar surface area (TPSA) is 149 Å². The van der Waals surface area contributed by atoms with Crippen LogP contribution in [0.5, 0.6) is 0 Å². The highest BCUT2D eigenvalue weighted by molar-refractivity contribution is 7.70. The Morgan fingerprint density at radius 3 is 2.48 bits per heavy atom. The average Bonchev–Trinajstić information content (AvgIpc) is 2.63. The van der Waals surface area contributed by atoms with E-state index in [-0.39, 0.29) is 18.8 Å². The molecule has 1 fully saturated rings. The van der Waals surface area contributed by atoms with Gasteiger partial charge in [-0.05, 0) is 11.5 Å². The minimum Gasteiger partial charge on any atom is -0.379 e. The zero-order valence-electron chi connectivity index (χ0n) is 11.4. The van der Waals surface area contributed by atoms with Gasteiger partial charge in [-0.2, -0.15) is 0 Å². The van der Waals surface area contributed by atoms with E-state index >= 15 is 0 Å². The lowest BCUT2D eigenvalue weighted by molar-refractivity contribution is -0.0232. The van der Waals surface area contributed by atoms with Crippen LogP contribution in [-0.4, -0.2) is 52.6 Å². The Hall–Kier alpha value is 0.280. The van der Waals surface area contributed by atoms with Crippen LogP contribution in [0.2, 0.25) is 0 Å². The molecule has 1 aliphatic rings. The molecule has 0 aliphatic carbocycles. The zero-order chi connectivity index (χ0) is 16.3. The van der Waals surface area contributed by atoms with Crippen molar-refractivity contribution in [1.82, 2.24) is 0 Å². The fraction of sp³-hybridized carbons (Fsp3) is 1.00. The fourth-order valence-electron chi connectivity index (χ4n) is 1.85. The van der Waals surface area contributed by atoms with Crippen LogP contribution in [0.4, 0.5) is 0 Å². The molecule has 0 aromatic carbocycles. The summed E-state index contributed by atoms with van der Waals surface area (Å²) in [7, 11) is -11.0. The zero-order valence-corrected chi connectivity index (χ0v) is 14.1. The molecule has 3 N–H and O–H groups in total. The van der Waals surface area contributed by atoms with Gasteiger partial charge in [-0.3, -0.25) is 4.57 Å². The largest absolute Gasteiger partial charge is 0.521 e. The van der Waals surface area contributed by atoms with Gasteiger partial charge in [0, 0.05) is 13.5 Å². The Bertz CT molecular complexity index is 461. The summed E-state index contributed by atoms with van der Waals surface area (Å²) < 4.78 is 52.6. The number of ether oxygens (including phenoxy) is 2. The molecule has 5 atom stereocenters. The predicted octanol–water partition coefficient (Wildman–Crippen LogP) is 1.19. The van der Waals surface area contributed by atoms with Crippen molar-refractivity contribution in [3.63, 3.8) is 0 Å². The molecule has 1 rings (SSSR count). The monoisotopic (exact) mass is 367 g/mol. The van der Waals surface area contributed by atoms with E-state index in [0.29, 0.717) is 6.42 Å². The van der Waals surface area contributed by atoms with E-state index in [9.17, 15) is 18.6 Å². The first-order valence-electron chi connectivity index (χ1n) is 5.87. The maximum atomic E-state index is 11.5. The minimum absolute atomic E-state index is 0.0524. The van der Waals surface area contributed by atoms with Crippen molar-refractivity contribution < 1.29 is 46.7 Å². The van der Waals surface area contributed by atoms with Gasteiger partial charge >= 0.3 is 23.4 Å². The molecule has 0 aromatic heterocycles. The summed E-state index contributed by atoms with van der Waals surface area (Å²) in [6, 6.07) is 0. The van der Waals surface area contributed by atoms with Crippen molar-refractivity contribution in [2.45, 2.75) is 31.7 Å². The standard InChI is InChI=1S/C8H17O10P3/c1-6-3-7(15-2)8(17-6)4-16-19(9)5-20(10,11)18-21(12,13)14/h6-8H,3-5H2,1-2H3,(H2-,10,11,12,13,14)/p+1/t6-,7+,8+/m0/s1. The van der Waals surface area contributed by atoms with Crippen LogP contribution >= 0.6 is 23.4 Å².